The van der Waals surface area contributed by atoms with Crippen molar-refractivity contribution in [3.05, 3.63) is 18.2 Å². The first-order valence-electron chi connectivity index (χ1n) is 7.67. The molecule has 0 saturated heterocycles. The van der Waals surface area contributed by atoms with Crippen LogP contribution in [0.3, 0.4) is 0 Å². The molecule has 8 heteroatoms. The zero-order valence-electron chi connectivity index (χ0n) is 13.8. The van der Waals surface area contributed by atoms with Gasteiger partial charge in [0, 0.05) is 26.1 Å². The van der Waals surface area contributed by atoms with Crippen LogP contribution >= 0.6 is 0 Å². The zero-order valence-corrected chi connectivity index (χ0v) is 14.6. The van der Waals surface area contributed by atoms with Crippen molar-refractivity contribution in [1.29, 1.82) is 0 Å². The topological polar surface area (TPSA) is 102 Å². The normalized spacial score (nSPS) is 11.5. The number of hydrogen-bond acceptors (Lipinski definition) is 5. The van der Waals surface area contributed by atoms with Crippen LogP contribution in [0.4, 0.5) is 5.69 Å². The summed E-state index contributed by atoms with van der Waals surface area (Å²) in [6.07, 6.45) is 0.151. The first-order chi connectivity index (χ1) is 10.9. The van der Waals surface area contributed by atoms with Gasteiger partial charge in [0.05, 0.1) is 17.2 Å². The fourth-order valence-corrected chi connectivity index (χ4v) is 3.59. The molecule has 0 aromatic heterocycles. The van der Waals surface area contributed by atoms with Crippen molar-refractivity contribution in [3.8, 4) is 5.75 Å². The number of sulfonamides is 1. The molecule has 1 aromatic carbocycles. The van der Waals surface area contributed by atoms with E-state index >= 15 is 0 Å². The van der Waals surface area contributed by atoms with Crippen LogP contribution in [0.5, 0.6) is 5.75 Å². The fourth-order valence-electron chi connectivity index (χ4n) is 2.10. The molecule has 23 heavy (non-hydrogen) atoms. The fraction of sp³-hybridized carbons (Fsp3) is 0.533. The number of benzene rings is 1. The molecule has 0 aliphatic heterocycles. The number of carbonyl (C=O) groups is 1. The van der Waals surface area contributed by atoms with Crippen molar-refractivity contribution in [2.24, 2.45) is 5.73 Å². The second kappa shape index (κ2) is 8.85. The number of hydrogen-bond donors (Lipinski definition) is 2. The number of rotatable bonds is 9. The molecule has 0 bridgehead atoms. The molecular formula is C15H25N3O4S. The highest BCUT2D eigenvalue weighted by Crippen LogP contribution is 2.29. The molecule has 1 amide bonds. The maximum absolute atomic E-state index is 12.6. The van der Waals surface area contributed by atoms with E-state index < -0.39 is 10.0 Å². The van der Waals surface area contributed by atoms with Gasteiger partial charge in [0.1, 0.15) is 5.75 Å². The van der Waals surface area contributed by atoms with Crippen molar-refractivity contribution in [1.82, 2.24) is 4.31 Å². The van der Waals surface area contributed by atoms with Crippen LogP contribution in [0.1, 0.15) is 27.2 Å². The first kappa shape index (κ1) is 19.4. The van der Waals surface area contributed by atoms with E-state index in [2.05, 4.69) is 5.32 Å². The molecule has 0 radical (unpaired) electrons. The van der Waals surface area contributed by atoms with Crippen LogP contribution in [-0.2, 0) is 14.8 Å². The second-order valence-electron chi connectivity index (χ2n) is 4.77. The Labute approximate surface area is 137 Å². The van der Waals surface area contributed by atoms with Crippen molar-refractivity contribution >= 4 is 21.6 Å². The number of nitrogens with two attached hydrogens (primary N) is 1. The largest absolute Gasteiger partial charge is 0.492 e. The second-order valence-corrected chi connectivity index (χ2v) is 6.71. The molecular weight excluding hydrogens is 318 g/mol. The summed E-state index contributed by atoms with van der Waals surface area (Å²) in [5, 5.41) is 2.66. The molecule has 0 aliphatic carbocycles. The van der Waals surface area contributed by atoms with Crippen molar-refractivity contribution < 1.29 is 17.9 Å². The monoisotopic (exact) mass is 343 g/mol. The third kappa shape index (κ3) is 4.92. The number of anilines is 1. The van der Waals surface area contributed by atoms with Crippen molar-refractivity contribution in [2.75, 3.05) is 31.6 Å². The highest BCUT2D eigenvalue weighted by Gasteiger charge is 2.23. The van der Waals surface area contributed by atoms with E-state index in [1.54, 1.807) is 19.9 Å². The van der Waals surface area contributed by atoms with Gasteiger partial charge in [-0.2, -0.15) is 4.31 Å². The number of amides is 1. The number of nitrogens with one attached hydrogen (secondary N) is 1. The average molecular weight is 343 g/mol. The lowest BCUT2D eigenvalue weighted by Crippen LogP contribution is -2.30. The van der Waals surface area contributed by atoms with Crippen LogP contribution in [0.2, 0.25) is 0 Å². The highest BCUT2D eigenvalue weighted by molar-refractivity contribution is 7.89. The van der Waals surface area contributed by atoms with Crippen LogP contribution < -0.4 is 15.8 Å². The minimum Gasteiger partial charge on any atom is -0.492 e. The maximum Gasteiger partial charge on any atom is 0.243 e. The third-order valence-corrected chi connectivity index (χ3v) is 5.29. The van der Waals surface area contributed by atoms with Gasteiger partial charge >= 0.3 is 0 Å². The van der Waals surface area contributed by atoms with E-state index in [1.165, 1.54) is 16.4 Å². The molecule has 0 saturated carbocycles. The lowest BCUT2D eigenvalue weighted by atomic mass is 10.2. The quantitative estimate of drug-likeness (QED) is 0.706. The van der Waals surface area contributed by atoms with Gasteiger partial charge in [0.25, 0.3) is 0 Å². The molecule has 0 aliphatic rings. The van der Waals surface area contributed by atoms with Gasteiger partial charge in [-0.15, -0.1) is 0 Å². The van der Waals surface area contributed by atoms with E-state index in [4.69, 9.17) is 10.5 Å². The molecule has 0 fully saturated rings. The molecule has 130 valence electrons. The zero-order chi connectivity index (χ0) is 17.5. The van der Waals surface area contributed by atoms with Gasteiger partial charge in [0.2, 0.25) is 15.9 Å². The van der Waals surface area contributed by atoms with E-state index in [0.717, 1.165) is 0 Å². The Morgan fingerprint density at radius 3 is 2.43 bits per heavy atom. The number of carbonyl (C=O) groups excluding carboxylic acids is 1. The summed E-state index contributed by atoms with van der Waals surface area (Å²) >= 11 is 0. The minimum atomic E-state index is -3.60. The summed E-state index contributed by atoms with van der Waals surface area (Å²) in [5.74, 6) is 0.141. The Morgan fingerprint density at radius 2 is 1.91 bits per heavy atom. The molecule has 3 N–H and O–H groups in total. The first-order valence-corrected chi connectivity index (χ1v) is 9.11. The molecule has 7 nitrogen and oxygen atoms in total. The summed E-state index contributed by atoms with van der Waals surface area (Å²) in [5.41, 5.74) is 5.69. The van der Waals surface area contributed by atoms with Crippen molar-refractivity contribution in [2.45, 2.75) is 32.1 Å². The lowest BCUT2D eigenvalue weighted by molar-refractivity contribution is -0.116. The van der Waals surface area contributed by atoms with Gasteiger partial charge in [0.15, 0.2) is 0 Å². The predicted molar refractivity (Wildman–Crippen MR) is 90.0 cm³/mol. The summed E-state index contributed by atoms with van der Waals surface area (Å²) in [4.78, 5) is 11.9. The van der Waals surface area contributed by atoms with Crippen LogP contribution in [0.25, 0.3) is 0 Å². The van der Waals surface area contributed by atoms with E-state index in [9.17, 15) is 13.2 Å². The van der Waals surface area contributed by atoms with Gasteiger partial charge in [-0.05, 0) is 25.1 Å². The summed E-state index contributed by atoms with van der Waals surface area (Å²) in [6, 6.07) is 4.46. The minimum absolute atomic E-state index is 0.118. The van der Waals surface area contributed by atoms with Crippen LogP contribution in [-0.4, -0.2) is 44.9 Å². The van der Waals surface area contributed by atoms with E-state index in [1.807, 2.05) is 6.92 Å². The summed E-state index contributed by atoms with van der Waals surface area (Å²) in [7, 11) is -3.60. The predicted octanol–water partition coefficient (Wildman–Crippen LogP) is 1.40. The SMILES string of the molecule is CCOc1ccc(S(=O)(=O)N(CC)CC)cc1NC(=O)CCN. The van der Waals surface area contributed by atoms with E-state index in [0.29, 0.717) is 31.1 Å². The molecule has 1 aromatic rings. The third-order valence-electron chi connectivity index (χ3n) is 3.24. The summed E-state index contributed by atoms with van der Waals surface area (Å²) < 4.78 is 32.0. The molecule has 0 heterocycles. The summed E-state index contributed by atoms with van der Waals surface area (Å²) in [6.45, 7) is 6.74. The van der Waals surface area contributed by atoms with Crippen LogP contribution in [0, 0.1) is 0 Å². The number of ether oxygens (including phenoxy) is 1. The lowest BCUT2D eigenvalue weighted by Gasteiger charge is -2.20. The Morgan fingerprint density at radius 1 is 1.26 bits per heavy atom. The van der Waals surface area contributed by atoms with Gasteiger partial charge < -0.3 is 15.8 Å². The van der Waals surface area contributed by atoms with E-state index in [-0.39, 0.29) is 23.8 Å². The molecule has 0 spiro atoms. The Hall–Kier alpha value is -1.64. The number of nitrogens with zero attached hydrogens (tertiary/aromatic N) is 1. The van der Waals surface area contributed by atoms with Crippen LogP contribution in [0.15, 0.2) is 23.1 Å². The average Bonchev–Trinajstić information content (AvgIpc) is 2.50. The molecule has 0 unspecified atom stereocenters. The van der Waals surface area contributed by atoms with Gasteiger partial charge in [-0.25, -0.2) is 8.42 Å². The Bertz CT molecular complexity index is 628. The maximum atomic E-state index is 12.6. The standard InChI is InChI=1S/C15H25N3O4S/c1-4-18(5-2)23(20,21)12-7-8-14(22-6-3)13(11-12)17-15(19)9-10-16/h7-8,11H,4-6,9-10,16H2,1-3H3,(H,17,19). The van der Waals surface area contributed by atoms with Gasteiger partial charge in [-0.1, -0.05) is 13.8 Å². The Kier molecular flexibility index (Phi) is 7.47. The smallest absolute Gasteiger partial charge is 0.243 e. The van der Waals surface area contributed by atoms with Gasteiger partial charge in [-0.3, -0.25) is 4.79 Å². The highest BCUT2D eigenvalue weighted by atomic mass is 32.2. The Balaban J connectivity index is 3.24. The molecule has 0 atom stereocenters. The van der Waals surface area contributed by atoms with Crippen molar-refractivity contribution in [3.63, 3.8) is 0 Å². The molecule has 1 rings (SSSR count).